The second-order valence-corrected chi connectivity index (χ2v) is 12.7. The van der Waals surface area contributed by atoms with E-state index >= 15 is 0 Å². The average molecular weight is 480 g/mol. The molecule has 4 rings (SSSR count). The van der Waals surface area contributed by atoms with Gasteiger partial charge >= 0.3 is 0 Å². The predicted molar refractivity (Wildman–Crippen MR) is 127 cm³/mol. The van der Waals surface area contributed by atoms with Crippen LogP contribution in [0.25, 0.3) is 0 Å². The minimum atomic E-state index is -3.65. The quantitative estimate of drug-likeness (QED) is 0.699. The molecule has 0 unspecified atom stereocenters. The lowest BCUT2D eigenvalue weighted by Gasteiger charge is -2.40. The summed E-state index contributed by atoms with van der Waals surface area (Å²) in [6.07, 6.45) is 5.77. The van der Waals surface area contributed by atoms with Crippen LogP contribution < -0.4 is 5.32 Å². The monoisotopic (exact) mass is 479 g/mol. The first-order chi connectivity index (χ1) is 15.2. The van der Waals surface area contributed by atoms with Crippen LogP contribution in [0.15, 0.2) is 28.0 Å². The Morgan fingerprint density at radius 2 is 1.84 bits per heavy atom. The van der Waals surface area contributed by atoms with E-state index in [4.69, 9.17) is 0 Å². The Morgan fingerprint density at radius 1 is 1.16 bits per heavy atom. The number of nitrogens with one attached hydrogen (secondary N) is 1. The van der Waals surface area contributed by atoms with Crippen molar-refractivity contribution in [2.24, 2.45) is 5.92 Å². The van der Waals surface area contributed by atoms with Gasteiger partial charge in [0.15, 0.2) is 9.84 Å². The number of amides is 2. The topological polar surface area (TPSA) is 86.8 Å². The summed E-state index contributed by atoms with van der Waals surface area (Å²) >= 11 is 1.42. The number of rotatable bonds is 5. The van der Waals surface area contributed by atoms with Crippen molar-refractivity contribution in [2.45, 2.75) is 67.0 Å². The number of likely N-dealkylation sites (tertiary alicyclic amines) is 2. The van der Waals surface area contributed by atoms with E-state index in [1.807, 2.05) is 11.8 Å². The molecule has 3 aliphatic rings. The van der Waals surface area contributed by atoms with E-state index in [0.29, 0.717) is 24.8 Å². The minimum Gasteiger partial charge on any atom is -0.342 e. The molecule has 0 bridgehead atoms. The Labute approximate surface area is 195 Å². The highest BCUT2D eigenvalue weighted by Gasteiger charge is 2.32. The van der Waals surface area contributed by atoms with Gasteiger partial charge in [-0.1, -0.05) is 13.3 Å². The fourth-order valence-corrected chi connectivity index (χ4v) is 7.42. The van der Waals surface area contributed by atoms with E-state index in [1.165, 1.54) is 37.1 Å². The molecule has 0 saturated carbocycles. The number of thioether (sulfide) groups is 1. The van der Waals surface area contributed by atoms with E-state index in [2.05, 4.69) is 10.2 Å². The summed E-state index contributed by atoms with van der Waals surface area (Å²) in [4.78, 5) is 30.3. The number of hydrogen-bond donors (Lipinski definition) is 1. The highest BCUT2D eigenvalue weighted by atomic mass is 32.2. The summed E-state index contributed by atoms with van der Waals surface area (Å²) in [5.74, 6) is -1.05. The van der Waals surface area contributed by atoms with Gasteiger partial charge in [-0.05, 0) is 63.9 Å². The maximum atomic E-state index is 13.0. The molecule has 3 heterocycles. The van der Waals surface area contributed by atoms with Gasteiger partial charge in [-0.15, -0.1) is 11.8 Å². The van der Waals surface area contributed by atoms with Gasteiger partial charge < -0.3 is 15.1 Å². The van der Waals surface area contributed by atoms with Crippen LogP contribution in [0.3, 0.4) is 0 Å². The number of hydrogen-bond acceptors (Lipinski definition) is 6. The van der Waals surface area contributed by atoms with Gasteiger partial charge in [0.2, 0.25) is 11.8 Å². The molecule has 3 aliphatic heterocycles. The molecule has 1 N–H and O–H groups in total. The van der Waals surface area contributed by atoms with Gasteiger partial charge in [0.25, 0.3) is 0 Å². The van der Waals surface area contributed by atoms with E-state index in [0.717, 1.165) is 30.8 Å². The molecule has 2 atom stereocenters. The van der Waals surface area contributed by atoms with Gasteiger partial charge in [0.1, 0.15) is 0 Å². The first kappa shape index (κ1) is 23.6. The second kappa shape index (κ2) is 9.73. The van der Waals surface area contributed by atoms with Gasteiger partial charge in [-0.3, -0.25) is 9.59 Å². The molecular formula is C23H33N3O4S2. The van der Waals surface area contributed by atoms with E-state index < -0.39 is 15.8 Å². The van der Waals surface area contributed by atoms with Crippen LogP contribution in [0, 0.1) is 5.92 Å². The third kappa shape index (κ3) is 5.15. The van der Waals surface area contributed by atoms with Crippen molar-refractivity contribution in [3.8, 4) is 0 Å². The summed E-state index contributed by atoms with van der Waals surface area (Å²) in [6.45, 7) is 7.23. The molecule has 1 aromatic carbocycles. The highest BCUT2D eigenvalue weighted by molar-refractivity contribution is 8.01. The summed E-state index contributed by atoms with van der Waals surface area (Å²) in [6, 6.07) is 5.38. The largest absolute Gasteiger partial charge is 0.342 e. The molecule has 7 nitrogen and oxygen atoms in total. The van der Waals surface area contributed by atoms with Crippen molar-refractivity contribution < 1.29 is 18.0 Å². The Bertz CT molecular complexity index is 967. The van der Waals surface area contributed by atoms with Crippen LogP contribution >= 0.6 is 11.8 Å². The molecule has 0 radical (unpaired) electrons. The van der Waals surface area contributed by atoms with E-state index in [9.17, 15) is 18.0 Å². The van der Waals surface area contributed by atoms with Crippen molar-refractivity contribution in [3.63, 3.8) is 0 Å². The average Bonchev–Trinajstić information content (AvgIpc) is 2.79. The van der Waals surface area contributed by atoms with E-state index in [-0.39, 0.29) is 27.7 Å². The lowest BCUT2D eigenvalue weighted by Crippen LogP contribution is -2.49. The Hall–Kier alpha value is -1.58. The number of benzene rings is 1. The summed E-state index contributed by atoms with van der Waals surface area (Å²) in [7, 11) is -3.65. The standard InChI is InChI=1S/C23H33N3O4S2/c1-16(23(28)26-12-8-18(9-13-26)25-10-4-3-5-11-25)15-32(29,30)19-6-7-21-20(14-19)24-22(27)17(2)31-21/h6-7,14,16-18H,3-5,8-13,15H2,1-2H3,(H,24,27)/t16-,17+/m0/s1. The molecule has 9 heteroatoms. The van der Waals surface area contributed by atoms with Gasteiger partial charge in [0, 0.05) is 29.9 Å². The van der Waals surface area contributed by atoms with Crippen LogP contribution in [0.5, 0.6) is 0 Å². The number of fused-ring (bicyclic) bond motifs is 1. The zero-order valence-electron chi connectivity index (χ0n) is 18.9. The first-order valence-corrected chi connectivity index (χ1v) is 14.1. The maximum absolute atomic E-state index is 13.0. The van der Waals surface area contributed by atoms with Crippen LogP contribution in [-0.4, -0.2) is 73.3 Å². The van der Waals surface area contributed by atoms with Crippen molar-refractivity contribution in [1.82, 2.24) is 9.80 Å². The number of carbonyl (C=O) groups is 2. The SMILES string of the molecule is C[C@@H](CS(=O)(=O)c1ccc2c(c1)NC(=O)[C@@H](C)S2)C(=O)N1CCC(N2CCCCC2)CC1. The Balaban J connectivity index is 1.36. The molecule has 2 fully saturated rings. The zero-order chi connectivity index (χ0) is 22.9. The van der Waals surface area contributed by atoms with Crippen molar-refractivity contribution in [3.05, 3.63) is 18.2 Å². The molecule has 0 aliphatic carbocycles. The molecule has 2 amide bonds. The smallest absolute Gasteiger partial charge is 0.237 e. The van der Waals surface area contributed by atoms with Crippen LogP contribution in [-0.2, 0) is 19.4 Å². The maximum Gasteiger partial charge on any atom is 0.237 e. The number of piperidine rings is 2. The van der Waals surface area contributed by atoms with Gasteiger partial charge in [0.05, 0.1) is 21.6 Å². The molecule has 2 saturated heterocycles. The molecule has 176 valence electrons. The normalized spacial score (nSPS) is 24.0. The van der Waals surface area contributed by atoms with Crippen LogP contribution in [0.4, 0.5) is 5.69 Å². The summed E-state index contributed by atoms with van der Waals surface area (Å²) in [5, 5.41) is 2.57. The third-order valence-electron chi connectivity index (χ3n) is 6.82. The van der Waals surface area contributed by atoms with E-state index in [1.54, 1.807) is 19.1 Å². The molecule has 0 spiro atoms. The van der Waals surface area contributed by atoms with Crippen LogP contribution in [0.2, 0.25) is 0 Å². The van der Waals surface area contributed by atoms with Gasteiger partial charge in [-0.2, -0.15) is 0 Å². The lowest BCUT2D eigenvalue weighted by atomic mass is 9.99. The summed E-state index contributed by atoms with van der Waals surface area (Å²) < 4.78 is 26.0. The Kier molecular flexibility index (Phi) is 7.17. The molecule has 0 aromatic heterocycles. The van der Waals surface area contributed by atoms with Crippen molar-refractivity contribution >= 4 is 39.1 Å². The first-order valence-electron chi connectivity index (χ1n) is 11.6. The number of carbonyl (C=O) groups excluding carboxylic acids is 2. The number of anilines is 1. The highest BCUT2D eigenvalue weighted by Crippen LogP contribution is 2.37. The number of nitrogens with zero attached hydrogens (tertiary/aromatic N) is 2. The predicted octanol–water partition coefficient (Wildman–Crippen LogP) is 3.01. The second-order valence-electron chi connectivity index (χ2n) is 9.24. The molecule has 1 aromatic rings. The lowest BCUT2D eigenvalue weighted by molar-refractivity contribution is -0.136. The molecular weight excluding hydrogens is 446 g/mol. The fraction of sp³-hybridized carbons (Fsp3) is 0.652. The molecule has 32 heavy (non-hydrogen) atoms. The number of sulfone groups is 1. The van der Waals surface area contributed by atoms with Crippen LogP contribution in [0.1, 0.15) is 46.0 Å². The Morgan fingerprint density at radius 3 is 2.53 bits per heavy atom. The van der Waals surface area contributed by atoms with Crippen molar-refractivity contribution in [2.75, 3.05) is 37.2 Å². The fourth-order valence-electron chi connectivity index (χ4n) is 4.92. The summed E-state index contributed by atoms with van der Waals surface area (Å²) in [5.41, 5.74) is 0.526. The zero-order valence-corrected chi connectivity index (χ0v) is 20.5. The third-order valence-corrected chi connectivity index (χ3v) is 9.90. The van der Waals surface area contributed by atoms with Gasteiger partial charge in [-0.25, -0.2) is 8.42 Å². The van der Waals surface area contributed by atoms with Crippen molar-refractivity contribution in [1.29, 1.82) is 0 Å². The minimum absolute atomic E-state index is 0.0821.